The number of rotatable bonds is 6. The number of piperidine rings is 1. The first-order valence-corrected chi connectivity index (χ1v) is 10.9. The second-order valence-corrected chi connectivity index (χ2v) is 7.96. The Labute approximate surface area is 178 Å². The predicted octanol–water partition coefficient (Wildman–Crippen LogP) is 3.26. The van der Waals surface area contributed by atoms with Gasteiger partial charge < -0.3 is 9.80 Å². The summed E-state index contributed by atoms with van der Waals surface area (Å²) in [6.07, 6.45) is 1.53. The molecule has 0 saturated carbocycles. The molecule has 9 heteroatoms. The molecule has 3 amide bonds. The molecule has 1 aromatic carbocycles. The summed E-state index contributed by atoms with van der Waals surface area (Å²) in [5.41, 5.74) is 0.400. The first-order valence-electron chi connectivity index (χ1n) is 10.0. The van der Waals surface area contributed by atoms with E-state index < -0.39 is 11.7 Å². The van der Waals surface area contributed by atoms with E-state index >= 15 is 0 Å². The Kier molecular flexibility index (Phi) is 7.15. The van der Waals surface area contributed by atoms with Gasteiger partial charge in [-0.2, -0.15) is 0 Å². The third-order valence-corrected chi connectivity index (χ3v) is 5.92. The van der Waals surface area contributed by atoms with Crippen LogP contribution in [-0.2, 0) is 4.79 Å². The van der Waals surface area contributed by atoms with Gasteiger partial charge in [0, 0.05) is 37.1 Å². The number of carbonyl (C=O) groups excluding carboxylic acids is 3. The monoisotopic (exact) mass is 432 g/mol. The van der Waals surface area contributed by atoms with E-state index in [1.165, 1.54) is 18.2 Å². The van der Waals surface area contributed by atoms with Crippen LogP contribution in [0.5, 0.6) is 0 Å². The number of nitrogens with zero attached hydrogens (tertiary/aromatic N) is 3. The highest BCUT2D eigenvalue weighted by Crippen LogP contribution is 2.23. The van der Waals surface area contributed by atoms with Gasteiger partial charge in [0.1, 0.15) is 11.5 Å². The second kappa shape index (κ2) is 9.80. The number of hydrogen-bond acceptors (Lipinski definition) is 5. The number of likely N-dealkylation sites (tertiary alicyclic amines) is 1. The molecule has 2 heterocycles. The minimum atomic E-state index is -0.503. The van der Waals surface area contributed by atoms with Crippen LogP contribution in [0.15, 0.2) is 29.6 Å². The van der Waals surface area contributed by atoms with Crippen molar-refractivity contribution in [2.45, 2.75) is 26.7 Å². The zero-order valence-corrected chi connectivity index (χ0v) is 17.9. The number of benzene rings is 1. The van der Waals surface area contributed by atoms with Crippen LogP contribution in [0.3, 0.4) is 0 Å². The number of nitrogens with one attached hydrogen (secondary N) is 1. The maximum Gasteiger partial charge on any atom is 0.273 e. The smallest absolute Gasteiger partial charge is 0.273 e. The van der Waals surface area contributed by atoms with Crippen LogP contribution in [0.25, 0.3) is 0 Å². The molecule has 0 unspecified atom stereocenters. The number of halogens is 1. The van der Waals surface area contributed by atoms with E-state index in [0.29, 0.717) is 26.2 Å². The molecule has 30 heavy (non-hydrogen) atoms. The van der Waals surface area contributed by atoms with E-state index in [4.69, 9.17) is 0 Å². The fourth-order valence-electron chi connectivity index (χ4n) is 3.55. The van der Waals surface area contributed by atoms with Crippen molar-refractivity contribution in [3.8, 4) is 0 Å². The van der Waals surface area contributed by atoms with E-state index in [9.17, 15) is 18.8 Å². The maximum atomic E-state index is 13.3. The Morgan fingerprint density at radius 3 is 2.77 bits per heavy atom. The summed E-state index contributed by atoms with van der Waals surface area (Å²) in [7, 11) is 0. The van der Waals surface area contributed by atoms with Gasteiger partial charge in [0.25, 0.3) is 11.8 Å². The predicted molar refractivity (Wildman–Crippen MR) is 113 cm³/mol. The molecule has 1 aliphatic heterocycles. The molecule has 7 nitrogen and oxygen atoms in total. The van der Waals surface area contributed by atoms with Crippen molar-refractivity contribution in [1.82, 2.24) is 14.8 Å². The van der Waals surface area contributed by atoms with Crippen molar-refractivity contribution >= 4 is 34.2 Å². The van der Waals surface area contributed by atoms with Crippen molar-refractivity contribution in [3.05, 3.63) is 46.7 Å². The SMILES string of the molecule is CCN(CC)C(=O)[C@H]1CCCN(C(=O)c2csc(NC(=O)c3cccc(F)c3)n2)C1. The van der Waals surface area contributed by atoms with Crippen molar-refractivity contribution in [1.29, 1.82) is 0 Å². The molecular weight excluding hydrogens is 407 g/mol. The van der Waals surface area contributed by atoms with Crippen LogP contribution in [0.2, 0.25) is 0 Å². The van der Waals surface area contributed by atoms with E-state index in [1.54, 1.807) is 15.2 Å². The Hall–Kier alpha value is -2.81. The first-order chi connectivity index (χ1) is 14.4. The zero-order chi connectivity index (χ0) is 21.7. The van der Waals surface area contributed by atoms with Gasteiger partial charge in [0.2, 0.25) is 5.91 Å². The lowest BCUT2D eigenvalue weighted by atomic mass is 9.96. The lowest BCUT2D eigenvalue weighted by Crippen LogP contribution is -2.46. The summed E-state index contributed by atoms with van der Waals surface area (Å²) in [5.74, 6) is -1.37. The van der Waals surface area contributed by atoms with Crippen molar-refractivity contribution < 1.29 is 18.8 Å². The first kappa shape index (κ1) is 21.9. The van der Waals surface area contributed by atoms with Gasteiger partial charge in [-0.25, -0.2) is 9.37 Å². The highest BCUT2D eigenvalue weighted by Gasteiger charge is 2.31. The normalized spacial score (nSPS) is 16.2. The van der Waals surface area contributed by atoms with E-state index in [0.717, 1.165) is 30.2 Å². The molecule has 1 aliphatic rings. The molecule has 1 N–H and O–H groups in total. The molecule has 3 rings (SSSR count). The van der Waals surface area contributed by atoms with Crippen molar-refractivity contribution in [2.75, 3.05) is 31.5 Å². The number of hydrogen-bond donors (Lipinski definition) is 1. The molecule has 1 saturated heterocycles. The molecule has 2 aromatic rings. The number of thiazole rings is 1. The van der Waals surface area contributed by atoms with Crippen LogP contribution in [0.1, 0.15) is 47.5 Å². The quantitative estimate of drug-likeness (QED) is 0.760. The van der Waals surface area contributed by atoms with Crippen molar-refractivity contribution in [3.63, 3.8) is 0 Å². The molecule has 1 fully saturated rings. The fraction of sp³-hybridized carbons (Fsp3) is 0.429. The fourth-order valence-corrected chi connectivity index (χ4v) is 4.23. The lowest BCUT2D eigenvalue weighted by molar-refractivity contribution is -0.136. The average molecular weight is 433 g/mol. The van der Waals surface area contributed by atoms with Crippen LogP contribution < -0.4 is 5.32 Å². The number of aromatic nitrogens is 1. The van der Waals surface area contributed by atoms with Crippen LogP contribution >= 0.6 is 11.3 Å². The van der Waals surface area contributed by atoms with E-state index in [-0.39, 0.29) is 34.1 Å². The Morgan fingerprint density at radius 2 is 2.07 bits per heavy atom. The standard InChI is InChI=1S/C21H25FN4O3S/c1-3-25(4-2)19(28)15-8-6-10-26(12-15)20(29)17-13-30-21(23-17)24-18(27)14-7-5-9-16(22)11-14/h5,7,9,11,13,15H,3-4,6,8,10,12H2,1-2H3,(H,23,24,27)/t15-/m0/s1. The summed E-state index contributed by atoms with van der Waals surface area (Å²) in [6, 6.07) is 5.34. The second-order valence-electron chi connectivity index (χ2n) is 7.10. The Balaban J connectivity index is 1.64. The van der Waals surface area contributed by atoms with Crippen LogP contribution in [0, 0.1) is 11.7 Å². The number of carbonyl (C=O) groups is 3. The van der Waals surface area contributed by atoms with E-state index in [1.807, 2.05) is 13.8 Å². The summed E-state index contributed by atoms with van der Waals surface area (Å²) in [5, 5.41) is 4.44. The molecular formula is C21H25FN4O3S. The van der Waals surface area contributed by atoms with Gasteiger partial charge in [-0.3, -0.25) is 19.7 Å². The van der Waals surface area contributed by atoms with Crippen LogP contribution in [0.4, 0.5) is 9.52 Å². The average Bonchev–Trinajstić information content (AvgIpc) is 3.22. The summed E-state index contributed by atoms with van der Waals surface area (Å²) in [6.45, 7) is 6.14. The van der Waals surface area contributed by atoms with Gasteiger partial charge in [-0.1, -0.05) is 6.07 Å². The lowest BCUT2D eigenvalue weighted by Gasteiger charge is -2.34. The van der Waals surface area contributed by atoms with Gasteiger partial charge >= 0.3 is 0 Å². The Morgan fingerprint density at radius 1 is 1.30 bits per heavy atom. The molecule has 0 bridgehead atoms. The molecule has 160 valence electrons. The highest BCUT2D eigenvalue weighted by molar-refractivity contribution is 7.14. The van der Waals surface area contributed by atoms with Crippen molar-refractivity contribution in [2.24, 2.45) is 5.92 Å². The highest BCUT2D eigenvalue weighted by atomic mass is 32.1. The van der Waals surface area contributed by atoms with Gasteiger partial charge in [0.15, 0.2) is 5.13 Å². The molecule has 0 spiro atoms. The maximum absolute atomic E-state index is 13.3. The topological polar surface area (TPSA) is 82.6 Å². The molecule has 0 aliphatic carbocycles. The molecule has 0 radical (unpaired) electrons. The molecule has 1 aromatic heterocycles. The minimum absolute atomic E-state index is 0.0822. The van der Waals surface area contributed by atoms with Gasteiger partial charge in [-0.05, 0) is 44.9 Å². The third-order valence-electron chi connectivity index (χ3n) is 5.16. The number of anilines is 1. The van der Waals surface area contributed by atoms with Gasteiger partial charge in [-0.15, -0.1) is 11.3 Å². The summed E-state index contributed by atoms with van der Waals surface area (Å²) < 4.78 is 13.3. The van der Waals surface area contributed by atoms with Crippen LogP contribution in [-0.4, -0.2) is 58.7 Å². The largest absolute Gasteiger partial charge is 0.343 e. The third kappa shape index (κ3) is 5.02. The zero-order valence-electron chi connectivity index (χ0n) is 17.1. The summed E-state index contributed by atoms with van der Waals surface area (Å²) >= 11 is 1.13. The van der Waals surface area contributed by atoms with Gasteiger partial charge in [0.05, 0.1) is 5.92 Å². The summed E-state index contributed by atoms with van der Waals surface area (Å²) in [4.78, 5) is 45.4. The molecule has 1 atom stereocenters. The number of amides is 3. The minimum Gasteiger partial charge on any atom is -0.343 e. The Bertz CT molecular complexity index is 928. The van der Waals surface area contributed by atoms with E-state index in [2.05, 4.69) is 10.3 Å².